The zero-order valence-electron chi connectivity index (χ0n) is 15.2. The molecule has 160 valence electrons. The summed E-state index contributed by atoms with van der Waals surface area (Å²) in [5.41, 5.74) is 0. The number of nitrogens with zero attached hydrogens (tertiary/aromatic N) is 2. The van der Waals surface area contributed by atoms with E-state index in [1.165, 1.54) is 0 Å². The van der Waals surface area contributed by atoms with E-state index in [0.29, 0.717) is 30.1 Å². The fourth-order valence-electron chi connectivity index (χ4n) is 3.27. The van der Waals surface area contributed by atoms with Crippen molar-refractivity contribution in [3.8, 4) is 0 Å². The third-order valence-electron chi connectivity index (χ3n) is 4.69. The van der Waals surface area contributed by atoms with Crippen LogP contribution < -0.4 is 10.6 Å². The lowest BCUT2D eigenvalue weighted by atomic mass is 10.0. The predicted octanol–water partition coefficient (Wildman–Crippen LogP) is 0.644. The van der Waals surface area contributed by atoms with E-state index in [2.05, 4.69) is 10.3 Å². The average molecular weight is 436 g/mol. The van der Waals surface area contributed by atoms with Crippen LogP contribution >= 0.6 is 11.8 Å². The molecule has 0 radical (unpaired) electrons. The van der Waals surface area contributed by atoms with Crippen LogP contribution in [0.1, 0.15) is 38.5 Å². The zero-order valence-corrected chi connectivity index (χ0v) is 16.0. The monoisotopic (exact) mass is 436 g/mol. The molecule has 9 nitrogen and oxygen atoms in total. The van der Waals surface area contributed by atoms with Gasteiger partial charge in [0.15, 0.2) is 5.96 Å². The van der Waals surface area contributed by atoms with Crippen LogP contribution in [0.25, 0.3) is 0 Å². The van der Waals surface area contributed by atoms with Gasteiger partial charge in [-0.3, -0.25) is 19.7 Å². The van der Waals surface area contributed by atoms with Gasteiger partial charge in [-0.25, -0.2) is 9.79 Å². The van der Waals surface area contributed by atoms with Crippen molar-refractivity contribution in [1.29, 1.82) is 0 Å². The Morgan fingerprint density at radius 3 is 2.59 bits per heavy atom. The second kappa shape index (κ2) is 8.59. The van der Waals surface area contributed by atoms with Gasteiger partial charge in [0.05, 0.1) is 12.1 Å². The number of unbranched alkanes of at least 4 members (excludes halogenated alkanes) is 1. The second-order valence-electron chi connectivity index (χ2n) is 6.83. The van der Waals surface area contributed by atoms with E-state index in [9.17, 15) is 32.3 Å². The van der Waals surface area contributed by atoms with E-state index < -0.39 is 29.9 Å². The number of carbonyl (C=O) groups excluding carboxylic acids is 4. The van der Waals surface area contributed by atoms with Gasteiger partial charge in [-0.15, -0.1) is 5.06 Å². The van der Waals surface area contributed by atoms with Crippen LogP contribution in [0.3, 0.4) is 0 Å². The summed E-state index contributed by atoms with van der Waals surface area (Å²) in [6.45, 7) is 0. The zero-order chi connectivity index (χ0) is 21.2. The van der Waals surface area contributed by atoms with Crippen LogP contribution in [-0.2, 0) is 24.0 Å². The molecule has 0 aromatic heterocycles. The fourth-order valence-corrected chi connectivity index (χ4v) is 4.78. The number of hydroxylamine groups is 2. The molecular weight excluding hydrogens is 417 g/mol. The molecule has 0 saturated carbocycles. The summed E-state index contributed by atoms with van der Waals surface area (Å²) >= 11 is 1.63. The molecule has 3 aliphatic heterocycles. The molecule has 2 N–H and O–H groups in total. The van der Waals surface area contributed by atoms with Crippen LogP contribution in [0.5, 0.6) is 0 Å². The molecule has 0 aliphatic carbocycles. The number of guanidine groups is 1. The number of aliphatic imine (C=N–C) groups is 1. The Bertz CT molecular complexity index is 729. The Balaban J connectivity index is 1.39. The van der Waals surface area contributed by atoms with Crippen molar-refractivity contribution in [3.05, 3.63) is 0 Å². The highest BCUT2D eigenvalue weighted by molar-refractivity contribution is 8.00. The first-order valence-electron chi connectivity index (χ1n) is 9.06. The molecular formula is C16H19F3N4O5S. The lowest BCUT2D eigenvalue weighted by Crippen LogP contribution is -2.47. The maximum Gasteiger partial charge on any atom is 0.471 e. The summed E-state index contributed by atoms with van der Waals surface area (Å²) in [5, 5.41) is 5.09. The molecule has 0 aromatic rings. The van der Waals surface area contributed by atoms with Crippen LogP contribution in [0.15, 0.2) is 4.99 Å². The third kappa shape index (κ3) is 5.19. The smallest absolute Gasteiger partial charge is 0.350 e. The van der Waals surface area contributed by atoms with Crippen molar-refractivity contribution < 1.29 is 37.2 Å². The van der Waals surface area contributed by atoms with Crippen LogP contribution in [0.2, 0.25) is 0 Å². The van der Waals surface area contributed by atoms with Crippen molar-refractivity contribution in [1.82, 2.24) is 15.7 Å². The number of fused-ring (bicyclic) bond motifs is 1. The predicted molar refractivity (Wildman–Crippen MR) is 94.2 cm³/mol. The summed E-state index contributed by atoms with van der Waals surface area (Å²) in [4.78, 5) is 54.5. The number of thioether (sulfide) groups is 1. The molecule has 1 unspecified atom stereocenters. The first-order chi connectivity index (χ1) is 13.6. The Kier molecular flexibility index (Phi) is 6.34. The number of carbonyl (C=O) groups is 4. The molecule has 29 heavy (non-hydrogen) atoms. The van der Waals surface area contributed by atoms with Gasteiger partial charge in [-0.05, 0) is 12.8 Å². The quantitative estimate of drug-likeness (QED) is 0.464. The highest BCUT2D eigenvalue weighted by Gasteiger charge is 2.44. The van der Waals surface area contributed by atoms with Crippen molar-refractivity contribution in [2.45, 2.75) is 62.0 Å². The Hall–Kier alpha value is -2.31. The molecule has 2 fully saturated rings. The maximum atomic E-state index is 12.3. The summed E-state index contributed by atoms with van der Waals surface area (Å²) in [5.74, 6) is -3.32. The van der Waals surface area contributed by atoms with E-state index in [1.807, 2.05) is 0 Å². The van der Waals surface area contributed by atoms with E-state index in [0.717, 1.165) is 0 Å². The van der Waals surface area contributed by atoms with Crippen molar-refractivity contribution >= 4 is 41.4 Å². The molecule has 3 heterocycles. The standard InChI is InChI=1S/C16H19F3N4O5S/c17-16(18,19)14(27)22-15-20-8-7-29-9(13(8)21-15)3-1-2-4-12(26)28-23-10(24)5-6-11(23)25/h8-9,13H,1-7H2,(H2,20,21,22,27)/t8-,9?,13-/m0/s1. The van der Waals surface area contributed by atoms with Gasteiger partial charge in [0.2, 0.25) is 0 Å². The maximum absolute atomic E-state index is 12.3. The Labute approximate surface area is 167 Å². The number of amides is 3. The second-order valence-corrected chi connectivity index (χ2v) is 8.11. The average Bonchev–Trinajstić information content (AvgIpc) is 3.29. The number of nitrogens with one attached hydrogen (secondary N) is 2. The minimum Gasteiger partial charge on any atom is -0.350 e. The molecule has 3 amide bonds. The number of rotatable bonds is 6. The first kappa shape index (κ1) is 21.4. The van der Waals surface area contributed by atoms with Crippen LogP contribution in [0.4, 0.5) is 13.2 Å². The number of imide groups is 1. The van der Waals surface area contributed by atoms with Gasteiger partial charge in [-0.2, -0.15) is 24.9 Å². The number of hydrogen-bond donors (Lipinski definition) is 2. The summed E-state index contributed by atoms with van der Waals surface area (Å²) in [7, 11) is 0. The van der Waals surface area contributed by atoms with E-state index >= 15 is 0 Å². The molecule has 0 bridgehead atoms. The molecule has 3 atom stereocenters. The number of hydrogen-bond acceptors (Lipinski definition) is 8. The van der Waals surface area contributed by atoms with Gasteiger partial charge < -0.3 is 10.2 Å². The van der Waals surface area contributed by atoms with E-state index in [4.69, 9.17) is 4.84 Å². The molecule has 2 saturated heterocycles. The van der Waals surface area contributed by atoms with E-state index in [-0.39, 0.29) is 42.6 Å². The van der Waals surface area contributed by atoms with Crippen molar-refractivity contribution in [2.24, 2.45) is 4.99 Å². The van der Waals surface area contributed by atoms with Gasteiger partial charge in [-0.1, -0.05) is 6.42 Å². The summed E-state index contributed by atoms with van der Waals surface area (Å²) < 4.78 is 37.0. The highest BCUT2D eigenvalue weighted by atomic mass is 32.2. The highest BCUT2D eigenvalue weighted by Crippen LogP contribution is 2.35. The largest absolute Gasteiger partial charge is 0.471 e. The number of alkyl halides is 3. The topological polar surface area (TPSA) is 117 Å². The van der Waals surface area contributed by atoms with Gasteiger partial charge in [0, 0.05) is 30.3 Å². The van der Waals surface area contributed by atoms with Gasteiger partial charge in [0.1, 0.15) is 0 Å². The van der Waals surface area contributed by atoms with Crippen molar-refractivity contribution in [3.63, 3.8) is 0 Å². The number of halogens is 3. The lowest BCUT2D eigenvalue weighted by molar-refractivity contribution is -0.197. The fraction of sp³-hybridized carbons (Fsp3) is 0.688. The molecule has 0 spiro atoms. The summed E-state index contributed by atoms with van der Waals surface area (Å²) in [6.07, 6.45) is -3.09. The van der Waals surface area contributed by atoms with Gasteiger partial charge in [0.25, 0.3) is 11.8 Å². The van der Waals surface area contributed by atoms with E-state index in [1.54, 1.807) is 17.1 Å². The third-order valence-corrected chi connectivity index (χ3v) is 6.19. The minimum absolute atomic E-state index is 0.0353. The first-order valence-corrected chi connectivity index (χ1v) is 10.1. The normalized spacial score (nSPS) is 26.2. The molecule has 13 heteroatoms. The molecule has 3 rings (SSSR count). The molecule has 3 aliphatic rings. The Morgan fingerprint density at radius 2 is 1.93 bits per heavy atom. The summed E-state index contributed by atoms with van der Waals surface area (Å²) in [6, 6.07) is -0.402. The lowest BCUT2D eigenvalue weighted by Gasteiger charge is -2.15. The van der Waals surface area contributed by atoms with Crippen molar-refractivity contribution in [2.75, 3.05) is 5.75 Å². The Morgan fingerprint density at radius 1 is 1.24 bits per heavy atom. The van der Waals surface area contributed by atoms with Crippen LogP contribution in [0, 0.1) is 0 Å². The minimum atomic E-state index is -4.98. The van der Waals surface area contributed by atoms with Crippen LogP contribution in [-0.4, -0.2) is 64.0 Å². The van der Waals surface area contributed by atoms with Gasteiger partial charge >= 0.3 is 18.1 Å². The molecule has 0 aromatic carbocycles. The SMILES string of the molecule is O=C(CCCCC1SC[C@@H]2NC(NC(=O)C(F)(F)F)=N[C@H]12)ON1C(=O)CCC1=O.